The molecule has 9 heteroatoms. The van der Waals surface area contributed by atoms with E-state index >= 15 is 0 Å². The van der Waals surface area contributed by atoms with Crippen molar-refractivity contribution in [3.05, 3.63) is 70.8 Å². The van der Waals surface area contributed by atoms with Crippen LogP contribution in [0.15, 0.2) is 49.0 Å². The fraction of sp³-hybridized carbons (Fsp3) is 0.308. The van der Waals surface area contributed by atoms with E-state index in [1.54, 1.807) is 76.2 Å². The lowest BCUT2D eigenvalue weighted by Crippen LogP contribution is -2.46. The Morgan fingerprint density at radius 2 is 1.91 bits per heavy atom. The number of halogens is 1. The standard InChI is InChI=1S/C26H29ClN4O4/c1-6-18-10-8-11-19(15-18)23(24(33)30-22-17(2)9-7-12-20(22)27)31(14-13-28)21(32)16-29-25(34)35-26(3,4)5/h6-12,15,23H,1,14,16H2,2-5H3,(H,29,34)(H,30,33). The van der Waals surface area contributed by atoms with Crippen molar-refractivity contribution in [1.82, 2.24) is 10.2 Å². The molecule has 0 aromatic heterocycles. The molecule has 2 rings (SSSR count). The number of amides is 3. The van der Waals surface area contributed by atoms with E-state index in [0.29, 0.717) is 16.3 Å². The van der Waals surface area contributed by atoms with Gasteiger partial charge in [-0.2, -0.15) is 5.26 Å². The molecule has 0 aliphatic carbocycles. The maximum absolute atomic E-state index is 13.6. The number of anilines is 1. The van der Waals surface area contributed by atoms with E-state index in [0.717, 1.165) is 16.0 Å². The van der Waals surface area contributed by atoms with Gasteiger partial charge in [-0.15, -0.1) is 0 Å². The molecule has 0 aliphatic rings. The highest BCUT2D eigenvalue weighted by Gasteiger charge is 2.32. The molecule has 0 fully saturated rings. The van der Waals surface area contributed by atoms with E-state index in [9.17, 15) is 19.6 Å². The van der Waals surface area contributed by atoms with Crippen LogP contribution in [0, 0.1) is 18.3 Å². The van der Waals surface area contributed by atoms with Gasteiger partial charge in [0.1, 0.15) is 24.7 Å². The number of aryl methyl sites for hydroxylation is 1. The fourth-order valence-corrected chi connectivity index (χ4v) is 3.54. The van der Waals surface area contributed by atoms with E-state index in [1.165, 1.54) is 0 Å². The van der Waals surface area contributed by atoms with Crippen molar-refractivity contribution in [2.75, 3.05) is 18.4 Å². The van der Waals surface area contributed by atoms with E-state index in [1.807, 2.05) is 6.07 Å². The summed E-state index contributed by atoms with van der Waals surface area (Å²) < 4.78 is 5.17. The Balaban J connectivity index is 2.42. The van der Waals surface area contributed by atoms with Crippen molar-refractivity contribution >= 4 is 41.3 Å². The number of nitrogens with one attached hydrogen (secondary N) is 2. The van der Waals surface area contributed by atoms with Gasteiger partial charge < -0.3 is 20.3 Å². The van der Waals surface area contributed by atoms with Gasteiger partial charge in [0.05, 0.1) is 16.8 Å². The molecule has 0 bridgehead atoms. The predicted molar refractivity (Wildman–Crippen MR) is 136 cm³/mol. The number of hydrogen-bond acceptors (Lipinski definition) is 5. The van der Waals surface area contributed by atoms with Crippen molar-refractivity contribution in [2.45, 2.75) is 39.3 Å². The molecule has 1 atom stereocenters. The lowest BCUT2D eigenvalue weighted by molar-refractivity contribution is -0.137. The van der Waals surface area contributed by atoms with Crippen LogP contribution in [0.25, 0.3) is 6.08 Å². The van der Waals surface area contributed by atoms with Crippen LogP contribution >= 0.6 is 11.6 Å². The summed E-state index contributed by atoms with van der Waals surface area (Å²) in [6.45, 7) is 9.76. The third-order valence-electron chi connectivity index (χ3n) is 4.84. The molecule has 35 heavy (non-hydrogen) atoms. The fourth-order valence-electron chi connectivity index (χ4n) is 3.27. The van der Waals surface area contributed by atoms with Crippen LogP contribution in [0.3, 0.4) is 0 Å². The average Bonchev–Trinajstić information content (AvgIpc) is 2.78. The van der Waals surface area contributed by atoms with Gasteiger partial charge in [-0.1, -0.05) is 54.6 Å². The van der Waals surface area contributed by atoms with Crippen LogP contribution in [-0.2, 0) is 14.3 Å². The van der Waals surface area contributed by atoms with E-state index in [2.05, 4.69) is 17.2 Å². The quantitative estimate of drug-likeness (QED) is 0.507. The first-order valence-corrected chi connectivity index (χ1v) is 11.3. The summed E-state index contributed by atoms with van der Waals surface area (Å²) in [5.41, 5.74) is 1.57. The van der Waals surface area contributed by atoms with Crippen molar-refractivity contribution in [2.24, 2.45) is 0 Å². The zero-order chi connectivity index (χ0) is 26.2. The summed E-state index contributed by atoms with van der Waals surface area (Å²) in [7, 11) is 0. The highest BCUT2D eigenvalue weighted by atomic mass is 35.5. The number of carbonyl (C=O) groups is 3. The van der Waals surface area contributed by atoms with Gasteiger partial charge in [0.25, 0.3) is 5.91 Å². The minimum atomic E-state index is -1.18. The minimum Gasteiger partial charge on any atom is -0.444 e. The molecule has 0 saturated carbocycles. The number of benzene rings is 2. The van der Waals surface area contributed by atoms with Gasteiger partial charge >= 0.3 is 6.09 Å². The molecule has 184 valence electrons. The number of rotatable bonds is 8. The van der Waals surface area contributed by atoms with Crippen molar-refractivity contribution < 1.29 is 19.1 Å². The van der Waals surface area contributed by atoms with E-state index in [4.69, 9.17) is 16.3 Å². The van der Waals surface area contributed by atoms with Crippen LogP contribution in [0.1, 0.15) is 43.5 Å². The normalized spacial score (nSPS) is 11.5. The molecule has 3 amide bonds. The molecule has 2 aromatic carbocycles. The van der Waals surface area contributed by atoms with Gasteiger partial charge in [-0.25, -0.2) is 4.79 Å². The first-order valence-electron chi connectivity index (χ1n) is 10.9. The summed E-state index contributed by atoms with van der Waals surface area (Å²) in [6.07, 6.45) is 0.820. The Morgan fingerprint density at radius 3 is 2.51 bits per heavy atom. The molecule has 0 heterocycles. The molecule has 0 saturated heterocycles. The van der Waals surface area contributed by atoms with Crippen LogP contribution in [0.2, 0.25) is 5.02 Å². The zero-order valence-electron chi connectivity index (χ0n) is 20.2. The summed E-state index contributed by atoms with van der Waals surface area (Å²) in [5.74, 6) is -1.21. The number of ether oxygens (including phenoxy) is 1. The molecule has 2 aromatic rings. The number of hydrogen-bond donors (Lipinski definition) is 2. The third kappa shape index (κ3) is 7.87. The smallest absolute Gasteiger partial charge is 0.408 e. The predicted octanol–water partition coefficient (Wildman–Crippen LogP) is 4.85. The minimum absolute atomic E-state index is 0.335. The Bertz CT molecular complexity index is 1130. The summed E-state index contributed by atoms with van der Waals surface area (Å²) >= 11 is 6.29. The Hall–Kier alpha value is -3.83. The van der Waals surface area contributed by atoms with Crippen LogP contribution in [-0.4, -0.2) is 41.5 Å². The van der Waals surface area contributed by atoms with E-state index in [-0.39, 0.29) is 0 Å². The second-order valence-corrected chi connectivity index (χ2v) is 9.14. The first-order chi connectivity index (χ1) is 16.5. The Labute approximate surface area is 210 Å². The number of nitrogens with zero attached hydrogens (tertiary/aromatic N) is 2. The lowest BCUT2D eigenvalue weighted by Gasteiger charge is -2.30. The number of nitriles is 1. The molecule has 2 N–H and O–H groups in total. The summed E-state index contributed by atoms with van der Waals surface area (Å²) in [6, 6.07) is 12.8. The molecular weight excluding hydrogens is 468 g/mol. The average molecular weight is 497 g/mol. The second-order valence-electron chi connectivity index (χ2n) is 8.73. The molecule has 8 nitrogen and oxygen atoms in total. The third-order valence-corrected chi connectivity index (χ3v) is 5.15. The highest BCUT2D eigenvalue weighted by molar-refractivity contribution is 6.34. The van der Waals surface area contributed by atoms with E-state index < -0.39 is 42.6 Å². The maximum Gasteiger partial charge on any atom is 0.408 e. The van der Waals surface area contributed by atoms with Gasteiger partial charge in [0.15, 0.2) is 0 Å². The largest absolute Gasteiger partial charge is 0.444 e. The molecule has 1 unspecified atom stereocenters. The summed E-state index contributed by atoms with van der Waals surface area (Å²) in [4.78, 5) is 39.8. The van der Waals surface area contributed by atoms with Gasteiger partial charge in [-0.3, -0.25) is 9.59 Å². The lowest BCUT2D eigenvalue weighted by atomic mass is 10.0. The number of para-hydroxylation sites is 1. The van der Waals surface area contributed by atoms with Crippen LogP contribution in [0.4, 0.5) is 10.5 Å². The van der Waals surface area contributed by atoms with Crippen LogP contribution < -0.4 is 10.6 Å². The monoisotopic (exact) mass is 496 g/mol. The van der Waals surface area contributed by atoms with Crippen molar-refractivity contribution in [3.63, 3.8) is 0 Å². The second kappa shape index (κ2) is 12.0. The molecule has 0 spiro atoms. The molecule has 0 aliphatic heterocycles. The van der Waals surface area contributed by atoms with Gasteiger partial charge in [-0.05, 0) is 56.5 Å². The SMILES string of the molecule is C=Cc1cccc(C(C(=O)Nc2c(C)cccc2Cl)N(CC#N)C(=O)CNC(=O)OC(C)(C)C)c1. The number of alkyl carbamates (subject to hydrolysis) is 1. The topological polar surface area (TPSA) is 112 Å². The highest BCUT2D eigenvalue weighted by Crippen LogP contribution is 2.29. The van der Waals surface area contributed by atoms with Gasteiger partial charge in [0, 0.05) is 0 Å². The zero-order valence-corrected chi connectivity index (χ0v) is 21.0. The maximum atomic E-state index is 13.6. The first kappa shape index (κ1) is 27.4. The van der Waals surface area contributed by atoms with Crippen molar-refractivity contribution in [3.8, 4) is 6.07 Å². The Morgan fingerprint density at radius 1 is 1.23 bits per heavy atom. The van der Waals surface area contributed by atoms with Crippen molar-refractivity contribution in [1.29, 1.82) is 5.26 Å². The van der Waals surface area contributed by atoms with Gasteiger partial charge in [0.2, 0.25) is 5.91 Å². The molecule has 0 radical (unpaired) electrons. The number of carbonyl (C=O) groups excluding carboxylic acids is 3. The van der Waals surface area contributed by atoms with Crippen LogP contribution in [0.5, 0.6) is 0 Å². The Kier molecular flexibility index (Phi) is 9.43. The summed E-state index contributed by atoms with van der Waals surface area (Å²) in [5, 5.41) is 15.0. The molecular formula is C26H29ClN4O4.